The predicted octanol–water partition coefficient (Wildman–Crippen LogP) is 5.14. The van der Waals surface area contributed by atoms with Gasteiger partial charge in [-0.3, -0.25) is 4.79 Å². The zero-order valence-electron chi connectivity index (χ0n) is 10.8. The molecule has 1 N–H and O–H groups in total. The molecule has 5 heteroatoms. The molecule has 1 amide bonds. The fourth-order valence-corrected chi connectivity index (χ4v) is 2.75. The molecule has 0 radical (unpaired) electrons. The van der Waals surface area contributed by atoms with E-state index in [4.69, 9.17) is 11.6 Å². The van der Waals surface area contributed by atoms with Crippen LogP contribution < -0.4 is 5.32 Å². The predicted molar refractivity (Wildman–Crippen MR) is 89.7 cm³/mol. The van der Waals surface area contributed by atoms with Crippen molar-refractivity contribution < 1.29 is 4.79 Å². The van der Waals surface area contributed by atoms with Crippen LogP contribution in [0.25, 0.3) is 0 Å². The summed E-state index contributed by atoms with van der Waals surface area (Å²) in [6.45, 7) is 1.89. The average Bonchev–Trinajstić information content (AvgIpc) is 2.43. The Bertz CT molecular complexity index is 616. The molecule has 0 heterocycles. The number of carbonyl (C=O) groups is 1. The number of thioether (sulfide) groups is 1. The SMILES string of the molecule is Cc1c(Cl)cccc1NC(=O)CSc1ccc(Br)cc1. The first-order valence-corrected chi connectivity index (χ1v) is 8.15. The van der Waals surface area contributed by atoms with Gasteiger partial charge in [0.2, 0.25) is 5.91 Å². The summed E-state index contributed by atoms with van der Waals surface area (Å²) < 4.78 is 1.03. The molecule has 0 fully saturated rings. The third-order valence-corrected chi connectivity index (χ3v) is 4.68. The lowest BCUT2D eigenvalue weighted by Crippen LogP contribution is -2.14. The number of hydrogen-bond acceptors (Lipinski definition) is 2. The molecule has 0 aromatic heterocycles. The second-order valence-electron chi connectivity index (χ2n) is 4.20. The Hall–Kier alpha value is -0.970. The maximum Gasteiger partial charge on any atom is 0.234 e. The van der Waals surface area contributed by atoms with Gasteiger partial charge in [-0.25, -0.2) is 0 Å². The van der Waals surface area contributed by atoms with Gasteiger partial charge in [-0.2, -0.15) is 0 Å². The summed E-state index contributed by atoms with van der Waals surface area (Å²) in [5, 5.41) is 3.54. The minimum absolute atomic E-state index is 0.0386. The average molecular weight is 371 g/mol. The Balaban J connectivity index is 1.92. The monoisotopic (exact) mass is 369 g/mol. The van der Waals surface area contributed by atoms with Crippen LogP contribution in [0.5, 0.6) is 0 Å². The largest absolute Gasteiger partial charge is 0.325 e. The van der Waals surface area contributed by atoms with Crippen molar-refractivity contribution in [2.75, 3.05) is 11.1 Å². The Morgan fingerprint density at radius 2 is 1.95 bits per heavy atom. The summed E-state index contributed by atoms with van der Waals surface area (Å²) in [4.78, 5) is 13.0. The lowest BCUT2D eigenvalue weighted by atomic mass is 10.2. The third-order valence-electron chi connectivity index (χ3n) is 2.73. The molecule has 0 saturated carbocycles. The maximum absolute atomic E-state index is 11.9. The molecule has 0 saturated heterocycles. The second-order valence-corrected chi connectivity index (χ2v) is 6.57. The smallest absolute Gasteiger partial charge is 0.234 e. The molecule has 2 aromatic rings. The molecular formula is C15H13BrClNOS. The van der Waals surface area contributed by atoms with E-state index in [9.17, 15) is 4.79 Å². The zero-order chi connectivity index (χ0) is 14.5. The molecule has 0 unspecified atom stereocenters. The number of hydrogen-bond donors (Lipinski definition) is 1. The summed E-state index contributed by atoms with van der Waals surface area (Å²) >= 11 is 10.9. The summed E-state index contributed by atoms with van der Waals surface area (Å²) in [6.07, 6.45) is 0. The van der Waals surface area contributed by atoms with E-state index in [1.807, 2.05) is 49.4 Å². The van der Waals surface area contributed by atoms with Crippen molar-refractivity contribution in [3.05, 3.63) is 57.5 Å². The first-order chi connectivity index (χ1) is 9.56. The van der Waals surface area contributed by atoms with Crippen LogP contribution in [0.3, 0.4) is 0 Å². The van der Waals surface area contributed by atoms with E-state index in [0.29, 0.717) is 10.8 Å². The van der Waals surface area contributed by atoms with Gasteiger partial charge in [0, 0.05) is 20.1 Å². The van der Waals surface area contributed by atoms with E-state index in [-0.39, 0.29) is 5.91 Å². The number of amides is 1. The van der Waals surface area contributed by atoms with E-state index >= 15 is 0 Å². The molecule has 0 aliphatic rings. The van der Waals surface area contributed by atoms with Crippen molar-refractivity contribution in [3.8, 4) is 0 Å². The first kappa shape index (κ1) is 15.4. The standard InChI is InChI=1S/C15H13BrClNOS/c1-10-13(17)3-2-4-14(10)18-15(19)9-20-12-7-5-11(16)6-8-12/h2-8H,9H2,1H3,(H,18,19). The van der Waals surface area contributed by atoms with Gasteiger partial charge in [-0.15, -0.1) is 11.8 Å². The van der Waals surface area contributed by atoms with Crippen LogP contribution in [0, 0.1) is 6.92 Å². The normalized spacial score (nSPS) is 10.3. The zero-order valence-corrected chi connectivity index (χ0v) is 14.0. The number of benzene rings is 2. The lowest BCUT2D eigenvalue weighted by molar-refractivity contribution is -0.113. The Morgan fingerprint density at radius 1 is 1.25 bits per heavy atom. The van der Waals surface area contributed by atoms with Crippen LogP contribution in [0.4, 0.5) is 5.69 Å². The summed E-state index contributed by atoms with van der Waals surface area (Å²) in [7, 11) is 0. The molecule has 20 heavy (non-hydrogen) atoms. The van der Waals surface area contributed by atoms with Crippen molar-refractivity contribution in [3.63, 3.8) is 0 Å². The van der Waals surface area contributed by atoms with Crippen LogP contribution >= 0.6 is 39.3 Å². The van der Waals surface area contributed by atoms with Crippen LogP contribution in [0.1, 0.15) is 5.56 Å². The van der Waals surface area contributed by atoms with Crippen molar-refractivity contribution >= 4 is 50.9 Å². The molecule has 2 aromatic carbocycles. The van der Waals surface area contributed by atoms with E-state index in [1.165, 1.54) is 11.8 Å². The van der Waals surface area contributed by atoms with E-state index in [0.717, 1.165) is 20.6 Å². The van der Waals surface area contributed by atoms with Gasteiger partial charge >= 0.3 is 0 Å². The van der Waals surface area contributed by atoms with Crippen LogP contribution in [-0.2, 0) is 4.79 Å². The van der Waals surface area contributed by atoms with Gasteiger partial charge in [0.15, 0.2) is 0 Å². The van der Waals surface area contributed by atoms with Gasteiger partial charge < -0.3 is 5.32 Å². The topological polar surface area (TPSA) is 29.1 Å². The minimum Gasteiger partial charge on any atom is -0.325 e. The lowest BCUT2D eigenvalue weighted by Gasteiger charge is -2.09. The Labute approximate surface area is 136 Å². The highest BCUT2D eigenvalue weighted by atomic mass is 79.9. The number of nitrogens with one attached hydrogen (secondary N) is 1. The fourth-order valence-electron chi connectivity index (χ4n) is 1.61. The number of rotatable bonds is 4. The molecule has 104 valence electrons. The van der Waals surface area contributed by atoms with Gasteiger partial charge in [0.1, 0.15) is 0 Å². The van der Waals surface area contributed by atoms with Crippen LogP contribution in [-0.4, -0.2) is 11.7 Å². The molecule has 0 atom stereocenters. The maximum atomic E-state index is 11.9. The fraction of sp³-hybridized carbons (Fsp3) is 0.133. The second kappa shape index (κ2) is 7.16. The third kappa shape index (κ3) is 4.27. The van der Waals surface area contributed by atoms with E-state index in [1.54, 1.807) is 0 Å². The number of anilines is 1. The van der Waals surface area contributed by atoms with Gasteiger partial charge in [0.05, 0.1) is 5.75 Å². The molecular weight excluding hydrogens is 358 g/mol. The highest BCUT2D eigenvalue weighted by molar-refractivity contribution is 9.10. The minimum atomic E-state index is -0.0386. The summed E-state index contributed by atoms with van der Waals surface area (Å²) in [5.74, 6) is 0.330. The molecule has 2 nitrogen and oxygen atoms in total. The number of carbonyl (C=O) groups excluding carboxylic acids is 1. The van der Waals surface area contributed by atoms with Crippen LogP contribution in [0.2, 0.25) is 5.02 Å². The Morgan fingerprint density at radius 3 is 2.65 bits per heavy atom. The molecule has 2 rings (SSSR count). The van der Waals surface area contributed by atoms with Crippen molar-refractivity contribution in [2.45, 2.75) is 11.8 Å². The molecule has 0 aliphatic heterocycles. The molecule has 0 bridgehead atoms. The van der Waals surface area contributed by atoms with Crippen molar-refractivity contribution in [2.24, 2.45) is 0 Å². The first-order valence-electron chi connectivity index (χ1n) is 5.99. The van der Waals surface area contributed by atoms with E-state index < -0.39 is 0 Å². The van der Waals surface area contributed by atoms with E-state index in [2.05, 4.69) is 21.2 Å². The van der Waals surface area contributed by atoms with Crippen LogP contribution in [0.15, 0.2) is 51.8 Å². The summed E-state index contributed by atoms with van der Waals surface area (Å²) in [5.41, 5.74) is 1.65. The summed E-state index contributed by atoms with van der Waals surface area (Å²) in [6, 6.07) is 13.4. The molecule has 0 spiro atoms. The van der Waals surface area contributed by atoms with Gasteiger partial charge in [-0.1, -0.05) is 33.6 Å². The number of halogens is 2. The molecule has 0 aliphatic carbocycles. The quantitative estimate of drug-likeness (QED) is 0.755. The Kier molecular flexibility index (Phi) is 5.52. The highest BCUT2D eigenvalue weighted by Crippen LogP contribution is 2.24. The van der Waals surface area contributed by atoms with Crippen molar-refractivity contribution in [1.82, 2.24) is 0 Å². The van der Waals surface area contributed by atoms with Crippen molar-refractivity contribution in [1.29, 1.82) is 0 Å². The van der Waals surface area contributed by atoms with Gasteiger partial charge in [0.25, 0.3) is 0 Å². The van der Waals surface area contributed by atoms with Gasteiger partial charge in [-0.05, 0) is 48.9 Å². The highest BCUT2D eigenvalue weighted by Gasteiger charge is 2.07.